The van der Waals surface area contributed by atoms with Gasteiger partial charge in [0.2, 0.25) is 0 Å². The van der Waals surface area contributed by atoms with E-state index in [1.807, 2.05) is 6.92 Å². The van der Waals surface area contributed by atoms with E-state index in [1.165, 1.54) is 24.1 Å². The predicted octanol–water partition coefficient (Wildman–Crippen LogP) is 6.04. The fourth-order valence-electron chi connectivity index (χ4n) is 4.49. The van der Waals surface area contributed by atoms with Crippen LogP contribution in [0.4, 0.5) is 13.2 Å². The van der Waals surface area contributed by atoms with Gasteiger partial charge in [0, 0.05) is 12.1 Å². The van der Waals surface area contributed by atoms with E-state index < -0.39 is 29.5 Å². The monoisotopic (exact) mass is 525 g/mol. The number of carbonyl (C=O) groups excluding carboxylic acids is 2. The van der Waals surface area contributed by atoms with Crippen molar-refractivity contribution >= 4 is 17.4 Å². The van der Waals surface area contributed by atoms with Gasteiger partial charge in [-0.1, -0.05) is 24.3 Å². The number of nitrogens with zero attached hydrogens (tertiary/aromatic N) is 1. The molecule has 1 aliphatic rings. The summed E-state index contributed by atoms with van der Waals surface area (Å²) < 4.78 is 50.7. The number of benzene rings is 3. The molecule has 1 aliphatic heterocycles. The topological polar surface area (TPSA) is 76.1 Å². The van der Waals surface area contributed by atoms with Crippen molar-refractivity contribution in [2.45, 2.75) is 32.6 Å². The summed E-state index contributed by atoms with van der Waals surface area (Å²) in [6, 6.07) is 15.0. The second-order valence-electron chi connectivity index (χ2n) is 8.81. The Morgan fingerprint density at radius 2 is 1.74 bits per heavy atom. The minimum Gasteiger partial charge on any atom is -0.507 e. The van der Waals surface area contributed by atoms with Crippen molar-refractivity contribution in [2.24, 2.45) is 0 Å². The first kappa shape index (κ1) is 26.8. The highest BCUT2D eigenvalue weighted by molar-refractivity contribution is 6.46. The first-order chi connectivity index (χ1) is 18.0. The number of likely N-dealkylation sites (tertiary alicyclic amines) is 1. The number of rotatable bonds is 7. The average Bonchev–Trinajstić information content (AvgIpc) is 3.14. The van der Waals surface area contributed by atoms with Gasteiger partial charge < -0.3 is 19.5 Å². The van der Waals surface area contributed by atoms with Crippen LogP contribution in [-0.4, -0.2) is 35.4 Å². The number of alkyl halides is 3. The zero-order chi connectivity index (χ0) is 27.6. The smallest absolute Gasteiger partial charge is 0.416 e. The lowest BCUT2D eigenvalue weighted by atomic mass is 9.94. The molecule has 3 aromatic carbocycles. The zero-order valence-electron chi connectivity index (χ0n) is 21.0. The third-order valence-corrected chi connectivity index (χ3v) is 6.33. The zero-order valence-corrected chi connectivity index (χ0v) is 21.0. The number of methoxy groups -OCH3 is 1. The predicted molar refractivity (Wildman–Crippen MR) is 135 cm³/mol. The highest BCUT2D eigenvalue weighted by Gasteiger charge is 2.46. The van der Waals surface area contributed by atoms with Crippen molar-refractivity contribution < 1.29 is 37.3 Å². The van der Waals surface area contributed by atoms with E-state index in [0.717, 1.165) is 17.7 Å². The second-order valence-corrected chi connectivity index (χ2v) is 8.81. The first-order valence-electron chi connectivity index (χ1n) is 11.9. The lowest BCUT2D eigenvalue weighted by molar-refractivity contribution is -0.140. The van der Waals surface area contributed by atoms with Crippen molar-refractivity contribution in [3.8, 4) is 11.5 Å². The standard InChI is InChI=1S/C29H26F3NO5/c1-4-38-23-13-10-20(14-17(23)2)26(34)24-25(19-8-11-22(37-3)12-9-19)33(28(36)27(24)35)16-18-6-5-7-21(15-18)29(30,31)32/h5-15,25,34H,4,16H2,1-3H3/b26-24+. The lowest BCUT2D eigenvalue weighted by Gasteiger charge is -2.26. The Hall–Kier alpha value is -4.27. The molecule has 198 valence electrons. The van der Waals surface area contributed by atoms with Crippen LogP contribution in [0.1, 0.15) is 40.8 Å². The fraction of sp³-hybridized carbons (Fsp3) is 0.241. The van der Waals surface area contributed by atoms with Crippen LogP contribution in [0.3, 0.4) is 0 Å². The molecule has 3 aromatic rings. The number of amides is 1. The molecule has 1 atom stereocenters. The Morgan fingerprint density at radius 3 is 2.34 bits per heavy atom. The van der Waals surface area contributed by atoms with E-state index in [1.54, 1.807) is 49.4 Å². The van der Waals surface area contributed by atoms with E-state index >= 15 is 0 Å². The molecule has 4 rings (SSSR count). The van der Waals surface area contributed by atoms with Crippen molar-refractivity contribution in [3.05, 3.63) is 100 Å². The molecule has 0 aliphatic carbocycles. The van der Waals surface area contributed by atoms with Gasteiger partial charge in [-0.3, -0.25) is 9.59 Å². The fourth-order valence-corrected chi connectivity index (χ4v) is 4.49. The molecule has 0 spiro atoms. The number of aliphatic hydroxyl groups is 1. The maximum absolute atomic E-state index is 13.3. The molecule has 0 bridgehead atoms. The summed E-state index contributed by atoms with van der Waals surface area (Å²) in [6.45, 7) is 3.80. The van der Waals surface area contributed by atoms with Crippen LogP contribution in [0.5, 0.6) is 11.5 Å². The summed E-state index contributed by atoms with van der Waals surface area (Å²) >= 11 is 0. The molecular weight excluding hydrogens is 499 g/mol. The lowest BCUT2D eigenvalue weighted by Crippen LogP contribution is -2.29. The molecular formula is C29H26F3NO5. The minimum absolute atomic E-state index is 0.157. The molecule has 1 N–H and O–H groups in total. The number of Topliss-reactive ketones (excluding diaryl/α,β-unsaturated/α-hetero) is 1. The summed E-state index contributed by atoms with van der Waals surface area (Å²) in [5.41, 5.74) is 0.683. The first-order valence-corrected chi connectivity index (χ1v) is 11.9. The van der Waals surface area contributed by atoms with Gasteiger partial charge in [0.1, 0.15) is 17.3 Å². The number of halogens is 3. The maximum atomic E-state index is 13.3. The summed E-state index contributed by atoms with van der Waals surface area (Å²) in [4.78, 5) is 27.7. The van der Waals surface area contributed by atoms with Crippen LogP contribution >= 0.6 is 0 Å². The number of aryl methyl sites for hydroxylation is 1. The van der Waals surface area contributed by atoms with E-state index in [9.17, 15) is 27.9 Å². The molecule has 9 heteroatoms. The third-order valence-electron chi connectivity index (χ3n) is 6.33. The number of ketones is 1. The van der Waals surface area contributed by atoms with Gasteiger partial charge in [0.15, 0.2) is 0 Å². The number of ether oxygens (including phenoxy) is 2. The molecule has 0 saturated carbocycles. The molecule has 1 heterocycles. The van der Waals surface area contributed by atoms with Crippen molar-refractivity contribution in [2.75, 3.05) is 13.7 Å². The Labute approximate surface area is 217 Å². The number of carbonyl (C=O) groups is 2. The molecule has 1 fully saturated rings. The van der Waals surface area contributed by atoms with Gasteiger partial charge in [-0.25, -0.2) is 0 Å². The Morgan fingerprint density at radius 1 is 1.03 bits per heavy atom. The largest absolute Gasteiger partial charge is 0.507 e. The Balaban J connectivity index is 1.83. The maximum Gasteiger partial charge on any atom is 0.416 e. The van der Waals surface area contributed by atoms with Gasteiger partial charge in [-0.05, 0) is 73.0 Å². The quantitative estimate of drug-likeness (QED) is 0.231. The number of hydrogen-bond donors (Lipinski definition) is 1. The SMILES string of the molecule is CCOc1ccc(/C(O)=C2\C(=O)C(=O)N(Cc3cccc(C(F)(F)F)c3)C2c2ccc(OC)cc2)cc1C. The van der Waals surface area contributed by atoms with Crippen LogP contribution in [0.2, 0.25) is 0 Å². The molecule has 6 nitrogen and oxygen atoms in total. The summed E-state index contributed by atoms with van der Waals surface area (Å²) in [5.74, 6) is -1.09. The normalized spacial score (nSPS) is 17.1. The van der Waals surface area contributed by atoms with Gasteiger partial charge in [-0.15, -0.1) is 0 Å². The highest BCUT2D eigenvalue weighted by atomic mass is 19.4. The van der Waals surface area contributed by atoms with Crippen LogP contribution in [0.25, 0.3) is 5.76 Å². The van der Waals surface area contributed by atoms with Crippen molar-refractivity contribution in [3.63, 3.8) is 0 Å². The van der Waals surface area contributed by atoms with Crippen LogP contribution in [-0.2, 0) is 22.3 Å². The molecule has 1 unspecified atom stereocenters. The molecule has 0 radical (unpaired) electrons. The van der Waals surface area contributed by atoms with E-state index in [0.29, 0.717) is 29.2 Å². The third kappa shape index (κ3) is 5.22. The van der Waals surface area contributed by atoms with Crippen LogP contribution < -0.4 is 9.47 Å². The van der Waals surface area contributed by atoms with E-state index in [2.05, 4.69) is 0 Å². The summed E-state index contributed by atoms with van der Waals surface area (Å²) in [7, 11) is 1.49. The number of hydrogen-bond acceptors (Lipinski definition) is 5. The van der Waals surface area contributed by atoms with E-state index in [-0.39, 0.29) is 23.4 Å². The van der Waals surface area contributed by atoms with Gasteiger partial charge in [0.25, 0.3) is 11.7 Å². The van der Waals surface area contributed by atoms with Crippen LogP contribution in [0.15, 0.2) is 72.3 Å². The molecule has 0 aromatic heterocycles. The molecule has 1 amide bonds. The Kier molecular flexibility index (Phi) is 7.48. The van der Waals surface area contributed by atoms with Crippen molar-refractivity contribution in [1.82, 2.24) is 4.90 Å². The molecule has 1 saturated heterocycles. The van der Waals surface area contributed by atoms with Gasteiger partial charge in [0.05, 0.1) is 30.9 Å². The van der Waals surface area contributed by atoms with Gasteiger partial charge in [-0.2, -0.15) is 13.2 Å². The second kappa shape index (κ2) is 10.6. The Bertz CT molecular complexity index is 1400. The van der Waals surface area contributed by atoms with Crippen molar-refractivity contribution in [1.29, 1.82) is 0 Å². The summed E-state index contributed by atoms with van der Waals surface area (Å²) in [6.07, 6.45) is -4.56. The van der Waals surface area contributed by atoms with Crippen LogP contribution in [0, 0.1) is 6.92 Å². The highest BCUT2D eigenvalue weighted by Crippen LogP contribution is 2.41. The number of aliphatic hydroxyl groups excluding tert-OH is 1. The summed E-state index contributed by atoms with van der Waals surface area (Å²) in [5, 5.41) is 11.3. The molecule has 38 heavy (non-hydrogen) atoms. The van der Waals surface area contributed by atoms with Gasteiger partial charge >= 0.3 is 6.18 Å². The minimum atomic E-state index is -4.56. The van der Waals surface area contributed by atoms with E-state index in [4.69, 9.17) is 9.47 Å². The average molecular weight is 526 g/mol.